The lowest BCUT2D eigenvalue weighted by molar-refractivity contribution is -0.870. The number of allylic oxidation sites excluding steroid dienone is 23. The summed E-state index contributed by atoms with van der Waals surface area (Å²) in [5.74, 6) is -0.223. The minimum Gasteiger partial charge on any atom is -0.756 e. The minimum atomic E-state index is -4.61. The summed E-state index contributed by atoms with van der Waals surface area (Å²) in [4.78, 5) is 25.5. The molecule has 1 amide bonds. The molecule has 0 saturated carbocycles. The molecule has 0 heterocycles. The number of phosphoric ester groups is 1. The van der Waals surface area contributed by atoms with Crippen molar-refractivity contribution in [2.45, 2.75) is 225 Å². The standard InChI is InChI=1S/C66H111N2O6P/c1-6-8-10-12-14-16-18-20-22-23-24-25-26-27-28-29-30-31-32-33-34-35-36-37-38-39-40-41-42-43-44-45-46-48-50-52-54-56-58-60-66(70)67-64(63-74-75(71,72)73-62-61-68(3,4)5)65(69)59-57-55-53-51-49-47-21-19-17-15-13-11-9-7-2/h8,10,14,16,20,22,24-25,27-28,30-31,33-34,36-37,39-40,42-43,45-46,57,59,64-65,69H,6-7,9,11-13,15,17-19,21,23,26,29,32,35,38,41,44,47-56,58,60-63H2,1-5H3,(H-,67,70,71,72)/b10-8-,16-14-,22-20-,25-24-,28-27-,31-30-,34-33-,37-36-,40-39-,43-42-,46-45-,59-57+. The van der Waals surface area contributed by atoms with Crippen LogP contribution < -0.4 is 10.2 Å². The fourth-order valence-corrected chi connectivity index (χ4v) is 8.41. The number of carbonyl (C=O) groups excluding carboxylic acids is 1. The zero-order valence-corrected chi connectivity index (χ0v) is 49.3. The SMILES string of the molecule is CC/C=C\C/C=C\C/C=C\C/C=C\C/C=C\C/C=C\C/C=C\C/C=C\C/C=C\C/C=C\C/C=C\CCCCCCCC(=O)NC(COP(=O)([O-])OCC[N+](C)(C)C)C(O)/C=C/CCCCCCCCCCCCCC. The van der Waals surface area contributed by atoms with E-state index in [4.69, 9.17) is 9.05 Å². The van der Waals surface area contributed by atoms with Crippen molar-refractivity contribution in [3.63, 3.8) is 0 Å². The van der Waals surface area contributed by atoms with Gasteiger partial charge in [0, 0.05) is 6.42 Å². The summed E-state index contributed by atoms with van der Waals surface area (Å²) < 4.78 is 23.3. The number of unbranched alkanes of at least 4 members (excludes halogenated alkanes) is 17. The first kappa shape index (κ1) is 71.4. The Morgan fingerprint density at radius 3 is 1.19 bits per heavy atom. The first-order valence-corrected chi connectivity index (χ1v) is 31.2. The van der Waals surface area contributed by atoms with Gasteiger partial charge in [0.2, 0.25) is 5.91 Å². The lowest BCUT2D eigenvalue weighted by atomic mass is 10.0. The Morgan fingerprint density at radius 2 is 0.813 bits per heavy atom. The third kappa shape index (κ3) is 57.9. The predicted octanol–water partition coefficient (Wildman–Crippen LogP) is 17.8. The van der Waals surface area contributed by atoms with E-state index in [0.717, 1.165) is 128 Å². The molecule has 0 aromatic heterocycles. The largest absolute Gasteiger partial charge is 0.756 e. The molecule has 0 aromatic carbocycles. The van der Waals surface area contributed by atoms with Gasteiger partial charge in [0.1, 0.15) is 13.2 Å². The van der Waals surface area contributed by atoms with E-state index >= 15 is 0 Å². The van der Waals surface area contributed by atoms with Gasteiger partial charge in [-0.1, -0.05) is 250 Å². The van der Waals surface area contributed by atoms with Crippen LogP contribution in [-0.2, 0) is 18.4 Å². The zero-order valence-electron chi connectivity index (χ0n) is 48.4. The number of phosphoric acid groups is 1. The van der Waals surface area contributed by atoms with Gasteiger partial charge in [-0.15, -0.1) is 0 Å². The van der Waals surface area contributed by atoms with Crippen LogP contribution >= 0.6 is 7.82 Å². The summed E-state index contributed by atoms with van der Waals surface area (Å²) in [5.41, 5.74) is 0. The molecule has 0 aliphatic heterocycles. The molecule has 0 aliphatic rings. The lowest BCUT2D eigenvalue weighted by Gasteiger charge is -2.29. The Kier molecular flexibility index (Phi) is 52.5. The number of likely N-dealkylation sites (N-methyl/N-ethyl adjacent to an activating group) is 1. The number of nitrogens with zero attached hydrogens (tertiary/aromatic N) is 1. The average Bonchev–Trinajstić information content (AvgIpc) is 3.37. The number of rotatable bonds is 52. The van der Waals surface area contributed by atoms with Crippen LogP contribution in [-0.4, -0.2) is 68.5 Å². The zero-order chi connectivity index (χ0) is 54.9. The van der Waals surface area contributed by atoms with Crippen molar-refractivity contribution in [3.05, 3.63) is 146 Å². The van der Waals surface area contributed by atoms with Crippen molar-refractivity contribution in [1.29, 1.82) is 0 Å². The monoisotopic (exact) mass is 1060 g/mol. The van der Waals surface area contributed by atoms with Crippen LogP contribution in [0.25, 0.3) is 0 Å². The molecule has 3 unspecified atom stereocenters. The predicted molar refractivity (Wildman–Crippen MR) is 325 cm³/mol. The van der Waals surface area contributed by atoms with Gasteiger partial charge in [-0.3, -0.25) is 9.36 Å². The number of hydrogen-bond donors (Lipinski definition) is 2. The average molecular weight is 1060 g/mol. The van der Waals surface area contributed by atoms with Crippen LogP contribution in [0.4, 0.5) is 0 Å². The van der Waals surface area contributed by atoms with Crippen LogP contribution in [0.3, 0.4) is 0 Å². The molecule has 75 heavy (non-hydrogen) atoms. The number of nitrogens with one attached hydrogen (secondary N) is 1. The number of aliphatic hydroxyl groups excluding tert-OH is 1. The van der Waals surface area contributed by atoms with E-state index in [1.54, 1.807) is 6.08 Å². The van der Waals surface area contributed by atoms with Crippen LogP contribution in [0.5, 0.6) is 0 Å². The molecular formula is C66H111N2O6P. The van der Waals surface area contributed by atoms with Crippen molar-refractivity contribution >= 4 is 13.7 Å². The first-order chi connectivity index (χ1) is 36.5. The van der Waals surface area contributed by atoms with E-state index in [9.17, 15) is 19.4 Å². The Labute approximate surface area is 461 Å². The molecule has 0 saturated heterocycles. The maximum Gasteiger partial charge on any atom is 0.268 e. The highest BCUT2D eigenvalue weighted by Crippen LogP contribution is 2.38. The van der Waals surface area contributed by atoms with Gasteiger partial charge in [-0.2, -0.15) is 0 Å². The quantitative estimate of drug-likeness (QED) is 0.0272. The van der Waals surface area contributed by atoms with E-state index in [1.807, 2.05) is 27.2 Å². The van der Waals surface area contributed by atoms with Crippen molar-refractivity contribution < 1.29 is 32.9 Å². The number of quaternary nitrogens is 1. The lowest BCUT2D eigenvalue weighted by Crippen LogP contribution is -2.45. The molecule has 426 valence electrons. The van der Waals surface area contributed by atoms with Gasteiger partial charge < -0.3 is 28.8 Å². The van der Waals surface area contributed by atoms with E-state index in [0.29, 0.717) is 17.4 Å². The van der Waals surface area contributed by atoms with Crippen molar-refractivity contribution in [3.8, 4) is 0 Å². The molecule has 0 aliphatic carbocycles. The molecule has 0 spiro atoms. The van der Waals surface area contributed by atoms with Gasteiger partial charge in [-0.05, 0) is 103 Å². The smallest absolute Gasteiger partial charge is 0.268 e. The summed E-state index contributed by atoms with van der Waals surface area (Å²) in [6.45, 7) is 4.49. The van der Waals surface area contributed by atoms with Crippen molar-refractivity contribution in [1.82, 2.24) is 5.32 Å². The Balaban J connectivity index is 4.20. The third-order valence-corrected chi connectivity index (χ3v) is 13.3. The van der Waals surface area contributed by atoms with Crippen LogP contribution in [0.2, 0.25) is 0 Å². The molecule has 0 bridgehead atoms. The second kappa shape index (κ2) is 55.1. The molecule has 2 N–H and O–H groups in total. The van der Waals surface area contributed by atoms with Gasteiger partial charge in [-0.25, -0.2) is 0 Å². The second-order valence-corrected chi connectivity index (χ2v) is 22.0. The van der Waals surface area contributed by atoms with Gasteiger partial charge in [0.25, 0.3) is 7.82 Å². The molecular weight excluding hydrogens is 948 g/mol. The van der Waals surface area contributed by atoms with E-state index in [2.05, 4.69) is 153 Å². The minimum absolute atomic E-state index is 0.0127. The highest BCUT2D eigenvalue weighted by Gasteiger charge is 2.23. The van der Waals surface area contributed by atoms with Gasteiger partial charge >= 0.3 is 0 Å². The maximum atomic E-state index is 12.9. The molecule has 8 nitrogen and oxygen atoms in total. The van der Waals surface area contributed by atoms with E-state index < -0.39 is 26.6 Å². The molecule has 3 atom stereocenters. The fraction of sp³-hybridized carbons (Fsp3) is 0.621. The second-order valence-electron chi connectivity index (χ2n) is 20.6. The first-order valence-electron chi connectivity index (χ1n) is 29.7. The summed E-state index contributed by atoms with van der Waals surface area (Å²) in [7, 11) is 1.23. The Hall–Kier alpha value is -3.62. The Bertz CT molecular complexity index is 1720. The Morgan fingerprint density at radius 1 is 0.480 bits per heavy atom. The number of amides is 1. The number of hydrogen-bond acceptors (Lipinski definition) is 6. The molecule has 0 fully saturated rings. The van der Waals surface area contributed by atoms with Gasteiger partial charge in [0.15, 0.2) is 0 Å². The van der Waals surface area contributed by atoms with Crippen molar-refractivity contribution in [2.24, 2.45) is 0 Å². The summed E-state index contributed by atoms with van der Waals surface area (Å²) in [5, 5.41) is 13.8. The summed E-state index contributed by atoms with van der Waals surface area (Å²) >= 11 is 0. The third-order valence-electron chi connectivity index (χ3n) is 12.3. The topological polar surface area (TPSA) is 108 Å². The van der Waals surface area contributed by atoms with Crippen LogP contribution in [0, 0.1) is 0 Å². The molecule has 9 heteroatoms. The summed E-state index contributed by atoms with van der Waals surface area (Å²) in [6.07, 6.45) is 85.0. The van der Waals surface area contributed by atoms with E-state index in [-0.39, 0.29) is 12.5 Å². The molecule has 0 radical (unpaired) electrons. The molecule has 0 rings (SSSR count). The normalized spacial score (nSPS) is 14.9. The maximum absolute atomic E-state index is 12.9. The van der Waals surface area contributed by atoms with Gasteiger partial charge in [0.05, 0.1) is 39.9 Å². The number of aliphatic hydroxyl groups is 1. The highest BCUT2D eigenvalue weighted by molar-refractivity contribution is 7.45. The highest BCUT2D eigenvalue weighted by atomic mass is 31.2. The molecule has 0 aromatic rings. The van der Waals surface area contributed by atoms with Crippen LogP contribution in [0.1, 0.15) is 213 Å². The van der Waals surface area contributed by atoms with Crippen molar-refractivity contribution in [2.75, 3.05) is 40.9 Å². The number of carbonyl (C=O) groups is 1. The summed E-state index contributed by atoms with van der Waals surface area (Å²) in [6, 6.07) is -0.907. The van der Waals surface area contributed by atoms with Crippen LogP contribution in [0.15, 0.2) is 146 Å². The van der Waals surface area contributed by atoms with E-state index in [1.165, 1.54) is 64.2 Å². The fourth-order valence-electron chi connectivity index (χ4n) is 7.69.